The number of hydrogen-bond acceptors (Lipinski definition) is 5. The van der Waals surface area contributed by atoms with Gasteiger partial charge in [-0.1, -0.05) is 25.8 Å². The molecule has 0 atom stereocenters. The molecule has 0 amide bonds. The van der Waals surface area contributed by atoms with Crippen molar-refractivity contribution >= 4 is 43.1 Å². The zero-order valence-electron chi connectivity index (χ0n) is 20.5. The predicted molar refractivity (Wildman–Crippen MR) is 143 cm³/mol. The number of aryl methyl sites for hydroxylation is 1. The minimum atomic E-state index is -4.96. The summed E-state index contributed by atoms with van der Waals surface area (Å²) in [6.07, 6.45) is 7.96. The molecule has 5 rings (SSSR count). The number of H-pyrrole nitrogens is 1. The molecule has 0 fully saturated rings. The van der Waals surface area contributed by atoms with Gasteiger partial charge in [-0.25, -0.2) is 0 Å². The number of fused-ring (bicyclic) bond motifs is 4. The number of halogens is 1. The highest BCUT2D eigenvalue weighted by Crippen LogP contribution is 2.36. The highest BCUT2D eigenvalue weighted by atomic mass is 32.3. The molecular formula is C28H24FN3O4S. The Morgan fingerprint density at radius 2 is 1.95 bits per heavy atom. The Morgan fingerprint density at radius 1 is 1.16 bits per heavy atom. The van der Waals surface area contributed by atoms with Gasteiger partial charge < -0.3 is 14.3 Å². The zero-order valence-corrected chi connectivity index (χ0v) is 21.3. The molecule has 7 nitrogen and oxygen atoms in total. The third-order valence-electron chi connectivity index (χ3n) is 6.27. The molecule has 0 bridgehead atoms. The molecule has 37 heavy (non-hydrogen) atoms. The summed E-state index contributed by atoms with van der Waals surface area (Å²) in [5.41, 5.74) is 3.38. The van der Waals surface area contributed by atoms with Gasteiger partial charge in [0.05, 0.1) is 22.9 Å². The SMILES string of the molecule is C#Cc1ccc2c(c1)[nH]c1c2c(=O)c2cc(OCC(C)C)c(-c3cncc(S(=O)(=O)F)c3)cc2n1CC. The van der Waals surface area contributed by atoms with Gasteiger partial charge in [0, 0.05) is 46.5 Å². The fourth-order valence-corrected chi connectivity index (χ4v) is 5.02. The van der Waals surface area contributed by atoms with E-state index in [9.17, 15) is 17.1 Å². The van der Waals surface area contributed by atoms with E-state index < -0.39 is 15.1 Å². The fraction of sp³-hybridized carbons (Fsp3) is 0.214. The van der Waals surface area contributed by atoms with Gasteiger partial charge in [-0.3, -0.25) is 9.78 Å². The Morgan fingerprint density at radius 3 is 2.62 bits per heavy atom. The van der Waals surface area contributed by atoms with Gasteiger partial charge in [-0.05, 0) is 43.2 Å². The molecule has 3 aromatic heterocycles. The van der Waals surface area contributed by atoms with E-state index in [-0.39, 0.29) is 11.3 Å². The summed E-state index contributed by atoms with van der Waals surface area (Å²) < 4.78 is 44.9. The van der Waals surface area contributed by atoms with Crippen LogP contribution in [-0.4, -0.2) is 29.6 Å². The summed E-state index contributed by atoms with van der Waals surface area (Å²) in [6, 6.07) is 10.1. The Labute approximate surface area is 213 Å². The van der Waals surface area contributed by atoms with Crippen LogP contribution in [0.2, 0.25) is 0 Å². The van der Waals surface area contributed by atoms with Gasteiger partial charge in [0.1, 0.15) is 16.3 Å². The Balaban J connectivity index is 1.88. The number of aromatic amines is 1. The maximum absolute atomic E-state index is 13.8. The van der Waals surface area contributed by atoms with Crippen molar-refractivity contribution in [3.63, 3.8) is 0 Å². The highest BCUT2D eigenvalue weighted by Gasteiger charge is 2.21. The van der Waals surface area contributed by atoms with Crippen LogP contribution in [0.25, 0.3) is 44.0 Å². The quantitative estimate of drug-likeness (QED) is 0.241. The van der Waals surface area contributed by atoms with E-state index in [2.05, 4.69) is 15.9 Å². The van der Waals surface area contributed by atoms with Crippen molar-refractivity contribution in [3.8, 4) is 29.2 Å². The summed E-state index contributed by atoms with van der Waals surface area (Å²) in [7, 11) is -4.96. The topological polar surface area (TPSA) is 94.1 Å². The van der Waals surface area contributed by atoms with Gasteiger partial charge in [-0.15, -0.1) is 10.3 Å². The normalized spacial score (nSPS) is 12.0. The van der Waals surface area contributed by atoms with Gasteiger partial charge in [0.25, 0.3) is 0 Å². The van der Waals surface area contributed by atoms with E-state index in [0.29, 0.717) is 57.5 Å². The van der Waals surface area contributed by atoms with Crippen LogP contribution in [0.3, 0.4) is 0 Å². The molecule has 0 saturated carbocycles. The first kappa shape index (κ1) is 24.5. The average Bonchev–Trinajstić information content (AvgIpc) is 3.25. The third-order valence-corrected chi connectivity index (χ3v) is 7.06. The second kappa shape index (κ2) is 9.05. The number of hydrogen-bond donors (Lipinski definition) is 1. The van der Waals surface area contributed by atoms with Crippen LogP contribution in [0.5, 0.6) is 5.75 Å². The highest BCUT2D eigenvalue weighted by molar-refractivity contribution is 7.86. The molecule has 0 aliphatic heterocycles. The Hall–Kier alpha value is -4.16. The van der Waals surface area contributed by atoms with E-state index in [1.165, 1.54) is 12.3 Å². The predicted octanol–water partition coefficient (Wildman–Crippen LogP) is 5.39. The molecule has 188 valence electrons. The second-order valence-electron chi connectivity index (χ2n) is 9.24. The number of rotatable bonds is 6. The number of pyridine rings is 2. The first-order valence-electron chi connectivity index (χ1n) is 11.8. The monoisotopic (exact) mass is 517 g/mol. The second-order valence-corrected chi connectivity index (χ2v) is 10.6. The van der Waals surface area contributed by atoms with Crippen LogP contribution in [0.15, 0.2) is 58.5 Å². The first-order chi connectivity index (χ1) is 17.6. The van der Waals surface area contributed by atoms with Crippen molar-refractivity contribution in [2.24, 2.45) is 5.92 Å². The molecule has 0 unspecified atom stereocenters. The minimum Gasteiger partial charge on any atom is -0.493 e. The smallest absolute Gasteiger partial charge is 0.333 e. The number of ether oxygens (including phenoxy) is 1. The summed E-state index contributed by atoms with van der Waals surface area (Å²) in [4.78, 5) is 20.6. The third kappa shape index (κ3) is 4.23. The van der Waals surface area contributed by atoms with Crippen LogP contribution < -0.4 is 10.2 Å². The van der Waals surface area contributed by atoms with E-state index in [0.717, 1.165) is 17.1 Å². The summed E-state index contributed by atoms with van der Waals surface area (Å²) >= 11 is 0. The van der Waals surface area contributed by atoms with Gasteiger partial charge >= 0.3 is 10.2 Å². The lowest BCUT2D eigenvalue weighted by Gasteiger charge is -2.17. The molecule has 0 radical (unpaired) electrons. The van der Waals surface area contributed by atoms with Crippen LogP contribution in [0.4, 0.5) is 3.89 Å². The lowest BCUT2D eigenvalue weighted by atomic mass is 10.0. The molecule has 2 aromatic carbocycles. The van der Waals surface area contributed by atoms with Gasteiger partial charge in [0.2, 0.25) is 0 Å². The van der Waals surface area contributed by atoms with Gasteiger partial charge in [0.15, 0.2) is 5.43 Å². The summed E-state index contributed by atoms with van der Waals surface area (Å²) in [5, 5.41) is 1.76. The van der Waals surface area contributed by atoms with E-state index in [4.69, 9.17) is 11.2 Å². The summed E-state index contributed by atoms with van der Waals surface area (Å²) in [5.74, 6) is 3.18. The molecule has 0 spiro atoms. The Kier molecular flexibility index (Phi) is 6.00. The van der Waals surface area contributed by atoms with Crippen molar-refractivity contribution in [2.45, 2.75) is 32.2 Å². The number of aromatic nitrogens is 3. The number of nitrogens with one attached hydrogen (secondary N) is 1. The van der Waals surface area contributed by atoms with Gasteiger partial charge in [-0.2, -0.15) is 8.42 Å². The van der Waals surface area contributed by atoms with Crippen molar-refractivity contribution < 1.29 is 17.0 Å². The van der Waals surface area contributed by atoms with Crippen LogP contribution >= 0.6 is 0 Å². The van der Waals surface area contributed by atoms with Crippen molar-refractivity contribution in [1.82, 2.24) is 14.5 Å². The molecule has 1 N–H and O–H groups in total. The lowest BCUT2D eigenvalue weighted by Crippen LogP contribution is -2.12. The Bertz CT molecular complexity index is 1910. The molecule has 0 saturated heterocycles. The van der Waals surface area contributed by atoms with E-state index >= 15 is 0 Å². The summed E-state index contributed by atoms with van der Waals surface area (Å²) in [6.45, 7) is 6.83. The first-order valence-corrected chi connectivity index (χ1v) is 13.2. The molecule has 9 heteroatoms. The number of benzene rings is 2. The zero-order chi connectivity index (χ0) is 26.5. The average molecular weight is 518 g/mol. The fourth-order valence-electron chi connectivity index (χ4n) is 4.56. The number of nitrogens with zero attached hydrogens (tertiary/aromatic N) is 2. The molecule has 0 aliphatic carbocycles. The van der Waals surface area contributed by atoms with E-state index in [1.807, 2.05) is 37.5 Å². The number of terminal acetylenes is 1. The minimum absolute atomic E-state index is 0.173. The van der Waals surface area contributed by atoms with Crippen molar-refractivity contribution in [3.05, 3.63) is 64.6 Å². The van der Waals surface area contributed by atoms with Crippen LogP contribution in [-0.2, 0) is 16.8 Å². The lowest BCUT2D eigenvalue weighted by molar-refractivity contribution is 0.272. The van der Waals surface area contributed by atoms with Crippen molar-refractivity contribution in [2.75, 3.05) is 6.61 Å². The maximum atomic E-state index is 13.8. The molecular weight excluding hydrogens is 493 g/mol. The molecule has 3 heterocycles. The van der Waals surface area contributed by atoms with E-state index in [1.54, 1.807) is 18.2 Å². The molecule has 5 aromatic rings. The van der Waals surface area contributed by atoms with Crippen LogP contribution in [0, 0.1) is 18.3 Å². The van der Waals surface area contributed by atoms with Crippen LogP contribution in [0.1, 0.15) is 26.3 Å². The van der Waals surface area contributed by atoms with Crippen molar-refractivity contribution in [1.29, 1.82) is 0 Å². The maximum Gasteiger partial charge on any atom is 0.333 e. The molecule has 0 aliphatic rings. The largest absolute Gasteiger partial charge is 0.493 e. The standard InChI is InChI=1S/C28H24FN3O4S/c1-5-17-7-8-20-23(9-17)31-28-26(20)27(33)22-12-25(36-15-16(3)4)21(11-24(22)32(28)6-2)18-10-19(14-30-13-18)37(29,34)35/h1,7-14,16,31H,6,15H2,2-4H3.